The van der Waals surface area contributed by atoms with Crippen LogP contribution in [-0.2, 0) is 4.79 Å². The van der Waals surface area contributed by atoms with Gasteiger partial charge in [-0.1, -0.05) is 36.4 Å². The smallest absolute Gasteiger partial charge is 0.258 e. The first-order chi connectivity index (χ1) is 12.6. The van der Waals surface area contributed by atoms with Crippen molar-refractivity contribution in [3.63, 3.8) is 0 Å². The Balaban J connectivity index is 1.44. The zero-order valence-corrected chi connectivity index (χ0v) is 15.0. The van der Waals surface area contributed by atoms with E-state index >= 15 is 0 Å². The van der Waals surface area contributed by atoms with Gasteiger partial charge in [0.05, 0.1) is 0 Å². The molecule has 0 radical (unpaired) electrons. The Labute approximate surface area is 154 Å². The standard InChI is InChI=1S/C21H24N2O3/c1-16-7-5-6-10-19(16)21(25)23-13-11-17(12-14-23)22-20(24)15-26-18-8-3-2-4-9-18/h2-10,17H,11-15H2,1H3,(H,22,24). The van der Waals surface area contributed by atoms with Crippen LogP contribution in [0.1, 0.15) is 28.8 Å². The van der Waals surface area contributed by atoms with Gasteiger partial charge in [0.25, 0.3) is 11.8 Å². The van der Waals surface area contributed by atoms with E-state index in [1.54, 1.807) is 0 Å². The quantitative estimate of drug-likeness (QED) is 0.900. The molecule has 1 heterocycles. The summed E-state index contributed by atoms with van der Waals surface area (Å²) in [6.45, 7) is 3.26. The Morgan fingerprint density at radius 2 is 1.69 bits per heavy atom. The molecule has 1 aliphatic rings. The Morgan fingerprint density at radius 3 is 2.38 bits per heavy atom. The minimum atomic E-state index is -0.127. The number of carbonyl (C=O) groups is 2. The molecule has 0 spiro atoms. The zero-order chi connectivity index (χ0) is 18.4. The molecular formula is C21H24N2O3. The van der Waals surface area contributed by atoms with Gasteiger partial charge >= 0.3 is 0 Å². The summed E-state index contributed by atoms with van der Waals surface area (Å²) in [5.41, 5.74) is 1.75. The number of likely N-dealkylation sites (tertiary alicyclic amines) is 1. The van der Waals surface area contributed by atoms with Gasteiger partial charge in [0, 0.05) is 24.7 Å². The van der Waals surface area contributed by atoms with Gasteiger partial charge in [-0.05, 0) is 43.5 Å². The number of carbonyl (C=O) groups excluding carboxylic acids is 2. The second-order valence-corrected chi connectivity index (χ2v) is 6.55. The summed E-state index contributed by atoms with van der Waals surface area (Å²) in [6.07, 6.45) is 1.52. The van der Waals surface area contributed by atoms with Crippen molar-refractivity contribution in [3.05, 3.63) is 65.7 Å². The lowest BCUT2D eigenvalue weighted by atomic mass is 10.0. The van der Waals surface area contributed by atoms with Crippen LogP contribution in [0.25, 0.3) is 0 Å². The molecule has 0 bridgehead atoms. The number of ether oxygens (including phenoxy) is 1. The number of rotatable bonds is 5. The first-order valence-electron chi connectivity index (χ1n) is 8.95. The molecule has 2 aromatic rings. The lowest BCUT2D eigenvalue weighted by molar-refractivity contribution is -0.124. The van der Waals surface area contributed by atoms with Crippen LogP contribution in [0.3, 0.4) is 0 Å². The van der Waals surface area contributed by atoms with Crippen molar-refractivity contribution in [1.82, 2.24) is 10.2 Å². The molecule has 0 aliphatic carbocycles. The van der Waals surface area contributed by atoms with Gasteiger partial charge in [-0.3, -0.25) is 9.59 Å². The molecule has 136 valence electrons. The normalized spacial score (nSPS) is 14.7. The molecule has 2 aromatic carbocycles. The predicted octanol–water partition coefficient (Wildman–Crippen LogP) is 2.79. The Hall–Kier alpha value is -2.82. The average Bonchev–Trinajstić information content (AvgIpc) is 2.68. The highest BCUT2D eigenvalue weighted by Gasteiger charge is 2.25. The molecule has 0 aromatic heterocycles. The van der Waals surface area contributed by atoms with E-state index in [0.29, 0.717) is 18.8 Å². The highest BCUT2D eigenvalue weighted by molar-refractivity contribution is 5.95. The Kier molecular flexibility index (Phi) is 5.89. The highest BCUT2D eigenvalue weighted by Crippen LogP contribution is 2.16. The van der Waals surface area contributed by atoms with Crippen molar-refractivity contribution in [2.24, 2.45) is 0 Å². The maximum atomic E-state index is 12.6. The summed E-state index contributed by atoms with van der Waals surface area (Å²) in [5, 5.41) is 3.00. The number of amides is 2. The first kappa shape index (κ1) is 18.0. The number of nitrogens with one attached hydrogen (secondary N) is 1. The predicted molar refractivity (Wildman–Crippen MR) is 100 cm³/mol. The number of benzene rings is 2. The molecular weight excluding hydrogens is 328 g/mol. The highest BCUT2D eigenvalue weighted by atomic mass is 16.5. The van der Waals surface area contributed by atoms with Crippen molar-refractivity contribution in [2.75, 3.05) is 19.7 Å². The van der Waals surface area contributed by atoms with E-state index in [4.69, 9.17) is 4.74 Å². The Bertz CT molecular complexity index is 753. The van der Waals surface area contributed by atoms with Crippen LogP contribution >= 0.6 is 0 Å². The van der Waals surface area contributed by atoms with Gasteiger partial charge in [0.2, 0.25) is 0 Å². The molecule has 0 atom stereocenters. The minimum Gasteiger partial charge on any atom is -0.484 e. The third-order valence-corrected chi connectivity index (χ3v) is 4.64. The van der Waals surface area contributed by atoms with Crippen LogP contribution in [0, 0.1) is 6.92 Å². The number of para-hydroxylation sites is 1. The summed E-state index contributed by atoms with van der Waals surface area (Å²) in [7, 11) is 0. The minimum absolute atomic E-state index is 0.00632. The molecule has 1 N–H and O–H groups in total. The molecule has 1 aliphatic heterocycles. The Morgan fingerprint density at radius 1 is 1.04 bits per heavy atom. The van der Waals surface area contributed by atoms with Crippen molar-refractivity contribution in [2.45, 2.75) is 25.8 Å². The van der Waals surface area contributed by atoms with Gasteiger partial charge in [-0.2, -0.15) is 0 Å². The third-order valence-electron chi connectivity index (χ3n) is 4.64. The number of nitrogens with zero attached hydrogens (tertiary/aromatic N) is 1. The molecule has 3 rings (SSSR count). The van der Waals surface area contributed by atoms with Crippen molar-refractivity contribution in [3.8, 4) is 5.75 Å². The van der Waals surface area contributed by atoms with Gasteiger partial charge in [-0.15, -0.1) is 0 Å². The number of piperidine rings is 1. The SMILES string of the molecule is Cc1ccccc1C(=O)N1CCC(NC(=O)COc2ccccc2)CC1. The van der Waals surface area contributed by atoms with Crippen molar-refractivity contribution < 1.29 is 14.3 Å². The summed E-state index contributed by atoms with van der Waals surface area (Å²) in [6, 6.07) is 17.0. The summed E-state index contributed by atoms with van der Waals surface area (Å²) in [4.78, 5) is 26.5. The number of hydrogen-bond donors (Lipinski definition) is 1. The van der Waals surface area contributed by atoms with Gasteiger partial charge < -0.3 is 15.0 Å². The maximum Gasteiger partial charge on any atom is 0.258 e. The average molecular weight is 352 g/mol. The monoisotopic (exact) mass is 352 g/mol. The van der Waals surface area contributed by atoms with Gasteiger partial charge in [0.15, 0.2) is 6.61 Å². The zero-order valence-electron chi connectivity index (χ0n) is 15.0. The lowest BCUT2D eigenvalue weighted by Crippen LogP contribution is -2.47. The third kappa shape index (κ3) is 4.63. The summed E-state index contributed by atoms with van der Waals surface area (Å²) < 4.78 is 5.46. The largest absolute Gasteiger partial charge is 0.484 e. The molecule has 26 heavy (non-hydrogen) atoms. The second-order valence-electron chi connectivity index (χ2n) is 6.55. The number of aryl methyl sites for hydroxylation is 1. The molecule has 0 unspecified atom stereocenters. The van der Waals surface area contributed by atoms with Crippen LogP contribution in [0.4, 0.5) is 0 Å². The van der Waals surface area contributed by atoms with Crippen molar-refractivity contribution in [1.29, 1.82) is 0 Å². The van der Waals surface area contributed by atoms with Crippen LogP contribution in [0.5, 0.6) is 5.75 Å². The van der Waals surface area contributed by atoms with Crippen LogP contribution in [0.15, 0.2) is 54.6 Å². The van der Waals surface area contributed by atoms with E-state index in [1.165, 1.54) is 0 Å². The van der Waals surface area contributed by atoms with E-state index in [9.17, 15) is 9.59 Å². The fraction of sp³-hybridized carbons (Fsp3) is 0.333. The van der Waals surface area contributed by atoms with Gasteiger partial charge in [0.1, 0.15) is 5.75 Å². The van der Waals surface area contributed by atoms with E-state index in [0.717, 1.165) is 24.0 Å². The molecule has 2 amide bonds. The van der Waals surface area contributed by atoms with E-state index in [1.807, 2.05) is 66.4 Å². The van der Waals surface area contributed by atoms with Crippen LogP contribution in [-0.4, -0.2) is 42.5 Å². The second kappa shape index (κ2) is 8.52. The fourth-order valence-corrected chi connectivity index (χ4v) is 3.15. The topological polar surface area (TPSA) is 58.6 Å². The van der Waals surface area contributed by atoms with Crippen LogP contribution in [0.2, 0.25) is 0 Å². The molecule has 5 nitrogen and oxygen atoms in total. The molecule has 1 saturated heterocycles. The van der Waals surface area contributed by atoms with Gasteiger partial charge in [-0.25, -0.2) is 0 Å². The van der Waals surface area contributed by atoms with Crippen LogP contribution < -0.4 is 10.1 Å². The van der Waals surface area contributed by atoms with E-state index in [2.05, 4.69) is 5.32 Å². The summed E-state index contributed by atoms with van der Waals surface area (Å²) in [5.74, 6) is 0.624. The lowest BCUT2D eigenvalue weighted by Gasteiger charge is -2.32. The molecule has 5 heteroatoms. The first-order valence-corrected chi connectivity index (χ1v) is 8.95. The molecule has 1 fully saturated rings. The van der Waals surface area contributed by atoms with E-state index in [-0.39, 0.29) is 24.5 Å². The maximum absolute atomic E-state index is 12.6. The fourth-order valence-electron chi connectivity index (χ4n) is 3.15. The summed E-state index contributed by atoms with van der Waals surface area (Å²) >= 11 is 0. The number of hydrogen-bond acceptors (Lipinski definition) is 3. The molecule has 0 saturated carbocycles. The van der Waals surface area contributed by atoms with E-state index < -0.39 is 0 Å². The van der Waals surface area contributed by atoms with Crippen molar-refractivity contribution >= 4 is 11.8 Å².